The molecule has 1 amide bonds. The van der Waals surface area contributed by atoms with Crippen LogP contribution in [0.1, 0.15) is 29.2 Å². The molecule has 4 rings (SSSR count). The van der Waals surface area contributed by atoms with Crippen LogP contribution in [0.25, 0.3) is 10.2 Å². The summed E-state index contributed by atoms with van der Waals surface area (Å²) in [7, 11) is 1.76. The van der Waals surface area contributed by atoms with Crippen LogP contribution in [-0.2, 0) is 22.6 Å². The van der Waals surface area contributed by atoms with Gasteiger partial charge < -0.3 is 29.8 Å². The Morgan fingerprint density at radius 1 is 1.03 bits per heavy atom. The summed E-state index contributed by atoms with van der Waals surface area (Å²) in [5, 5.41) is 14.0. The van der Waals surface area contributed by atoms with Crippen LogP contribution < -0.4 is 14.9 Å². The summed E-state index contributed by atoms with van der Waals surface area (Å²) in [5.41, 5.74) is 3.49. The number of hydrogen-bond donors (Lipinski definition) is 3. The van der Waals surface area contributed by atoms with Crippen LogP contribution in [0, 0.1) is 0 Å². The molecule has 0 aliphatic rings. The lowest BCUT2D eigenvalue weighted by molar-refractivity contribution is -0.131. The Kier molecular flexibility index (Phi) is 10.7. The minimum absolute atomic E-state index is 0.0157. The van der Waals surface area contributed by atoms with Crippen molar-refractivity contribution in [2.45, 2.75) is 25.6 Å². The molecule has 3 N–H and O–H groups in total. The fourth-order valence-corrected chi connectivity index (χ4v) is 5.07. The maximum Gasteiger partial charge on any atom is 0.305 e. The fourth-order valence-electron chi connectivity index (χ4n) is 4.15. The van der Waals surface area contributed by atoms with E-state index in [2.05, 4.69) is 22.4 Å². The van der Waals surface area contributed by atoms with Crippen LogP contribution >= 0.6 is 11.3 Å². The first kappa shape index (κ1) is 28.5. The summed E-state index contributed by atoms with van der Waals surface area (Å²) >= 11 is 1.06. The quantitative estimate of drug-likeness (QED) is 0.194. The smallest absolute Gasteiger partial charge is 0.305 e. The molecule has 206 valence electrons. The van der Waals surface area contributed by atoms with Crippen molar-refractivity contribution < 1.29 is 19.4 Å². The SMILES string of the molecule is CN(CCNC[C@@H](O)c1ccc(OCc2ccccc2)c2[nH]c(=O)sc12)C(=O)CCOCCc1ccccc1. The average molecular weight is 550 g/mol. The van der Waals surface area contributed by atoms with Gasteiger partial charge in [-0.1, -0.05) is 78.1 Å². The third-order valence-electron chi connectivity index (χ3n) is 6.39. The van der Waals surface area contributed by atoms with Gasteiger partial charge >= 0.3 is 4.87 Å². The van der Waals surface area contributed by atoms with Crippen LogP contribution in [0.3, 0.4) is 0 Å². The lowest BCUT2D eigenvalue weighted by Crippen LogP contribution is -2.35. The molecule has 9 heteroatoms. The monoisotopic (exact) mass is 549 g/mol. The van der Waals surface area contributed by atoms with Crippen LogP contribution in [0.4, 0.5) is 0 Å². The number of ether oxygens (including phenoxy) is 2. The van der Waals surface area contributed by atoms with Crippen molar-refractivity contribution in [3.05, 3.63) is 99.2 Å². The van der Waals surface area contributed by atoms with Gasteiger partial charge in [-0.15, -0.1) is 0 Å². The van der Waals surface area contributed by atoms with E-state index in [0.717, 1.165) is 23.3 Å². The zero-order chi connectivity index (χ0) is 27.5. The molecular formula is C30H35N3O5S. The minimum atomic E-state index is -0.818. The Morgan fingerprint density at radius 2 is 1.74 bits per heavy atom. The van der Waals surface area contributed by atoms with Gasteiger partial charge in [-0.05, 0) is 23.6 Å². The number of fused-ring (bicyclic) bond motifs is 1. The molecule has 8 nitrogen and oxygen atoms in total. The third kappa shape index (κ3) is 8.49. The molecule has 0 unspecified atom stereocenters. The fraction of sp³-hybridized carbons (Fsp3) is 0.333. The highest BCUT2D eigenvalue weighted by atomic mass is 32.1. The van der Waals surface area contributed by atoms with Crippen LogP contribution in [0.2, 0.25) is 0 Å². The van der Waals surface area contributed by atoms with E-state index in [1.165, 1.54) is 5.56 Å². The molecule has 0 spiro atoms. The summed E-state index contributed by atoms with van der Waals surface area (Å²) in [6.45, 7) is 2.68. The van der Waals surface area contributed by atoms with Gasteiger partial charge in [0.1, 0.15) is 17.9 Å². The van der Waals surface area contributed by atoms with Crippen molar-refractivity contribution in [2.24, 2.45) is 0 Å². The van der Waals surface area contributed by atoms with E-state index in [9.17, 15) is 14.7 Å². The van der Waals surface area contributed by atoms with Gasteiger partial charge in [-0.3, -0.25) is 9.59 Å². The second-order valence-electron chi connectivity index (χ2n) is 9.28. The lowest BCUT2D eigenvalue weighted by Gasteiger charge is -2.19. The second kappa shape index (κ2) is 14.6. The van der Waals surface area contributed by atoms with Gasteiger partial charge in [0.2, 0.25) is 5.91 Å². The standard InChI is InChI=1S/C30H35N3O5S/c1-33(27(35)15-19-37-18-14-22-8-4-2-5-9-22)17-16-31-20-25(34)24-12-13-26(28-29(24)39-30(36)32-28)38-21-23-10-6-3-7-11-23/h2-13,25,31,34H,14-21H2,1H3,(H,32,36)/t25-/m1/s1. The highest BCUT2D eigenvalue weighted by Gasteiger charge is 2.17. The molecule has 3 aromatic carbocycles. The third-order valence-corrected chi connectivity index (χ3v) is 7.32. The summed E-state index contributed by atoms with van der Waals surface area (Å²) in [5.74, 6) is 0.585. The highest BCUT2D eigenvalue weighted by Crippen LogP contribution is 2.32. The minimum Gasteiger partial charge on any atom is -0.487 e. The lowest BCUT2D eigenvalue weighted by atomic mass is 10.1. The van der Waals surface area contributed by atoms with Gasteiger partial charge in [0.15, 0.2) is 0 Å². The van der Waals surface area contributed by atoms with Crippen LogP contribution in [-0.4, -0.2) is 60.8 Å². The molecule has 39 heavy (non-hydrogen) atoms. The molecule has 1 aromatic heterocycles. The van der Waals surface area contributed by atoms with E-state index >= 15 is 0 Å². The number of likely N-dealkylation sites (N-methyl/N-ethyl adjacent to an activating group) is 1. The summed E-state index contributed by atoms with van der Waals surface area (Å²) in [4.78, 5) is 28.8. The molecule has 1 heterocycles. The molecule has 0 saturated carbocycles. The van der Waals surface area contributed by atoms with Gasteiger partial charge in [0.05, 0.1) is 30.4 Å². The number of benzene rings is 3. The first-order valence-corrected chi connectivity index (χ1v) is 13.9. The number of H-pyrrole nitrogens is 1. The number of aliphatic hydroxyl groups excluding tert-OH is 1. The van der Waals surface area contributed by atoms with Crippen LogP contribution in [0.5, 0.6) is 5.75 Å². The van der Waals surface area contributed by atoms with Crippen molar-refractivity contribution >= 4 is 27.5 Å². The Labute approximate surface area is 232 Å². The highest BCUT2D eigenvalue weighted by molar-refractivity contribution is 7.16. The first-order chi connectivity index (χ1) is 19.0. The van der Waals surface area contributed by atoms with E-state index in [0.29, 0.717) is 60.9 Å². The Bertz CT molecular complexity index is 1370. The number of carbonyl (C=O) groups excluding carboxylic acids is 1. The number of hydrogen-bond acceptors (Lipinski definition) is 7. The zero-order valence-corrected chi connectivity index (χ0v) is 22.9. The van der Waals surface area contributed by atoms with Gasteiger partial charge in [0.25, 0.3) is 0 Å². The molecule has 0 bridgehead atoms. The van der Waals surface area contributed by atoms with E-state index < -0.39 is 6.10 Å². The number of rotatable bonds is 15. The number of aromatic amines is 1. The Morgan fingerprint density at radius 3 is 2.49 bits per heavy atom. The first-order valence-electron chi connectivity index (χ1n) is 13.1. The molecule has 4 aromatic rings. The molecule has 0 aliphatic heterocycles. The molecule has 0 radical (unpaired) electrons. The normalized spacial score (nSPS) is 11.9. The number of nitrogens with zero attached hydrogens (tertiary/aromatic N) is 1. The Hall–Kier alpha value is -3.50. The molecule has 0 saturated heterocycles. The van der Waals surface area contributed by atoms with Gasteiger partial charge in [-0.2, -0.15) is 0 Å². The molecular weight excluding hydrogens is 514 g/mol. The largest absolute Gasteiger partial charge is 0.487 e. The van der Waals surface area contributed by atoms with E-state index in [1.54, 1.807) is 24.1 Å². The summed E-state index contributed by atoms with van der Waals surface area (Å²) < 4.78 is 12.3. The van der Waals surface area contributed by atoms with Crippen molar-refractivity contribution in [3.63, 3.8) is 0 Å². The molecule has 0 aliphatic carbocycles. The maximum atomic E-state index is 12.4. The summed E-state index contributed by atoms with van der Waals surface area (Å²) in [6, 6.07) is 23.5. The summed E-state index contributed by atoms with van der Waals surface area (Å²) in [6.07, 6.45) is 0.338. The maximum absolute atomic E-state index is 12.4. The number of carbonyl (C=O) groups is 1. The molecule has 0 fully saturated rings. The second-order valence-corrected chi connectivity index (χ2v) is 10.3. The Balaban J connectivity index is 1.19. The topological polar surface area (TPSA) is 104 Å². The number of amides is 1. The van der Waals surface area contributed by atoms with Gasteiger partial charge in [-0.25, -0.2) is 0 Å². The average Bonchev–Trinajstić information content (AvgIpc) is 3.36. The van der Waals surface area contributed by atoms with Gasteiger partial charge in [0, 0.05) is 32.2 Å². The van der Waals surface area contributed by atoms with Crippen molar-refractivity contribution in [1.82, 2.24) is 15.2 Å². The predicted molar refractivity (Wildman–Crippen MR) is 154 cm³/mol. The number of aromatic nitrogens is 1. The number of aliphatic hydroxyl groups is 1. The zero-order valence-electron chi connectivity index (χ0n) is 22.1. The van der Waals surface area contributed by atoms with E-state index in [-0.39, 0.29) is 17.3 Å². The van der Waals surface area contributed by atoms with E-state index in [4.69, 9.17) is 9.47 Å². The predicted octanol–water partition coefficient (Wildman–Crippen LogP) is 3.90. The van der Waals surface area contributed by atoms with Crippen molar-refractivity contribution in [3.8, 4) is 5.75 Å². The van der Waals surface area contributed by atoms with Crippen molar-refractivity contribution in [2.75, 3.05) is 39.9 Å². The van der Waals surface area contributed by atoms with E-state index in [1.807, 2.05) is 48.5 Å². The number of nitrogens with one attached hydrogen (secondary N) is 2. The van der Waals surface area contributed by atoms with Crippen molar-refractivity contribution in [1.29, 1.82) is 0 Å². The number of thiazole rings is 1. The van der Waals surface area contributed by atoms with Crippen LogP contribution in [0.15, 0.2) is 77.6 Å². The molecule has 1 atom stereocenters.